The summed E-state index contributed by atoms with van der Waals surface area (Å²) in [4.78, 5) is 28.1. The maximum atomic E-state index is 11.8. The molecule has 1 aromatic rings. The number of anilines is 1. The van der Waals surface area contributed by atoms with Gasteiger partial charge in [0.05, 0.1) is 15.9 Å². The zero-order valence-corrected chi connectivity index (χ0v) is 12.7. The molecule has 0 atom stereocenters. The van der Waals surface area contributed by atoms with Crippen LogP contribution >= 0.6 is 27.3 Å². The first-order valence-electron chi connectivity index (χ1n) is 5.13. The van der Waals surface area contributed by atoms with E-state index in [1.165, 1.54) is 11.3 Å². The molecule has 0 saturated carbocycles. The van der Waals surface area contributed by atoms with Gasteiger partial charge in [0.15, 0.2) is 10.9 Å². The van der Waals surface area contributed by atoms with Crippen LogP contribution in [0.5, 0.6) is 0 Å². The van der Waals surface area contributed by atoms with Crippen molar-refractivity contribution in [2.45, 2.75) is 27.7 Å². The number of ketones is 1. The van der Waals surface area contributed by atoms with Gasteiger partial charge in [-0.3, -0.25) is 9.59 Å². The minimum Gasteiger partial charge on any atom is -0.301 e. The summed E-state index contributed by atoms with van der Waals surface area (Å²) >= 11 is 4.33. The smallest absolute Gasteiger partial charge is 0.231 e. The van der Waals surface area contributed by atoms with Crippen LogP contribution in [0.1, 0.15) is 36.1 Å². The van der Waals surface area contributed by atoms with Gasteiger partial charge < -0.3 is 5.32 Å². The summed E-state index contributed by atoms with van der Waals surface area (Å²) in [6, 6.07) is 0. The lowest BCUT2D eigenvalue weighted by Gasteiger charge is -2.15. The van der Waals surface area contributed by atoms with Gasteiger partial charge in [-0.25, -0.2) is 4.98 Å². The first-order valence-corrected chi connectivity index (χ1v) is 7.07. The predicted molar refractivity (Wildman–Crippen MR) is 73.1 cm³/mol. The SMILES string of the molecule is Cc1nc(NC(=O)C(C)(C)C)sc1C(=O)CBr. The fourth-order valence-electron chi connectivity index (χ4n) is 1.05. The first kappa shape index (κ1) is 14.3. The summed E-state index contributed by atoms with van der Waals surface area (Å²) in [5, 5.41) is 3.47. The maximum Gasteiger partial charge on any atom is 0.231 e. The third kappa shape index (κ3) is 3.61. The third-order valence-electron chi connectivity index (χ3n) is 2.07. The first-order chi connectivity index (χ1) is 7.75. The number of carbonyl (C=O) groups excluding carboxylic acids is 2. The normalized spacial score (nSPS) is 11.4. The molecule has 0 aliphatic carbocycles. The van der Waals surface area contributed by atoms with Crippen molar-refractivity contribution >= 4 is 44.1 Å². The lowest BCUT2D eigenvalue weighted by Crippen LogP contribution is -2.27. The number of rotatable bonds is 3. The number of nitrogens with zero attached hydrogens (tertiary/aromatic N) is 1. The molecular weight excluding hydrogens is 304 g/mol. The van der Waals surface area contributed by atoms with Crippen LogP contribution in [0, 0.1) is 12.3 Å². The van der Waals surface area contributed by atoms with Gasteiger partial charge in [0.25, 0.3) is 0 Å². The summed E-state index contributed by atoms with van der Waals surface area (Å²) in [7, 11) is 0. The Labute approximate surface area is 113 Å². The molecule has 1 aromatic heterocycles. The number of carbonyl (C=O) groups is 2. The highest BCUT2D eigenvalue weighted by Crippen LogP contribution is 2.25. The van der Waals surface area contributed by atoms with Crippen LogP contribution < -0.4 is 5.32 Å². The number of thiazole rings is 1. The highest BCUT2D eigenvalue weighted by Gasteiger charge is 2.23. The van der Waals surface area contributed by atoms with Crippen molar-refractivity contribution in [2.24, 2.45) is 5.41 Å². The Balaban J connectivity index is 2.88. The number of hydrogen-bond acceptors (Lipinski definition) is 4. The van der Waals surface area contributed by atoms with Crippen LogP contribution in [0.25, 0.3) is 0 Å². The van der Waals surface area contributed by atoms with Crippen molar-refractivity contribution in [1.82, 2.24) is 4.98 Å². The molecule has 6 heteroatoms. The van der Waals surface area contributed by atoms with Gasteiger partial charge in [-0.15, -0.1) is 0 Å². The largest absolute Gasteiger partial charge is 0.301 e. The molecule has 0 aromatic carbocycles. The zero-order valence-electron chi connectivity index (χ0n) is 10.3. The Morgan fingerprint density at radius 1 is 1.41 bits per heavy atom. The highest BCUT2D eigenvalue weighted by molar-refractivity contribution is 9.09. The molecular formula is C11H15BrN2O2S. The Hall–Kier alpha value is -0.750. The van der Waals surface area contributed by atoms with Gasteiger partial charge in [0, 0.05) is 5.41 Å². The van der Waals surface area contributed by atoms with Crippen molar-refractivity contribution in [3.8, 4) is 0 Å². The van der Waals surface area contributed by atoms with Gasteiger partial charge in [-0.05, 0) is 6.92 Å². The lowest BCUT2D eigenvalue weighted by molar-refractivity contribution is -0.123. The fourth-order valence-corrected chi connectivity index (χ4v) is 2.42. The number of amides is 1. The number of hydrogen-bond donors (Lipinski definition) is 1. The number of alkyl halides is 1. The van der Waals surface area contributed by atoms with Gasteiger partial charge >= 0.3 is 0 Å². The number of nitrogens with one attached hydrogen (secondary N) is 1. The van der Waals surface area contributed by atoms with Crippen LogP contribution in [-0.2, 0) is 4.79 Å². The molecule has 0 saturated heterocycles. The van der Waals surface area contributed by atoms with Crippen molar-refractivity contribution in [3.63, 3.8) is 0 Å². The van der Waals surface area contributed by atoms with Crippen LogP contribution in [0.3, 0.4) is 0 Å². The van der Waals surface area contributed by atoms with Crippen molar-refractivity contribution < 1.29 is 9.59 Å². The van der Waals surface area contributed by atoms with Crippen LogP contribution in [0.2, 0.25) is 0 Å². The van der Waals surface area contributed by atoms with E-state index < -0.39 is 5.41 Å². The average Bonchev–Trinajstić information content (AvgIpc) is 2.57. The molecule has 1 heterocycles. The average molecular weight is 319 g/mol. The Kier molecular flexibility index (Phi) is 4.43. The molecule has 0 spiro atoms. The van der Waals surface area contributed by atoms with Gasteiger partial charge in [-0.2, -0.15) is 0 Å². The molecule has 1 rings (SSSR count). The predicted octanol–water partition coefficient (Wildman–Crippen LogP) is 3.01. The minimum absolute atomic E-state index is 0.0174. The number of aryl methyl sites for hydroxylation is 1. The van der Waals surface area contributed by atoms with E-state index in [0.29, 0.717) is 15.7 Å². The van der Waals surface area contributed by atoms with Crippen LogP contribution in [0.4, 0.5) is 5.13 Å². The zero-order chi connectivity index (χ0) is 13.2. The molecule has 0 aliphatic heterocycles. The molecule has 0 unspecified atom stereocenters. The molecule has 17 heavy (non-hydrogen) atoms. The number of Topliss-reactive ketones (excluding diaryl/α,β-unsaturated/α-hetero) is 1. The number of halogens is 1. The van der Waals surface area contributed by atoms with Gasteiger partial charge in [0.2, 0.25) is 5.91 Å². The Morgan fingerprint density at radius 3 is 2.47 bits per heavy atom. The monoisotopic (exact) mass is 318 g/mol. The lowest BCUT2D eigenvalue weighted by atomic mass is 9.96. The number of aromatic nitrogens is 1. The minimum atomic E-state index is -0.473. The Morgan fingerprint density at radius 2 is 2.00 bits per heavy atom. The summed E-state index contributed by atoms with van der Waals surface area (Å²) in [5.41, 5.74) is 0.183. The van der Waals surface area contributed by atoms with E-state index >= 15 is 0 Å². The third-order valence-corrected chi connectivity index (χ3v) is 3.70. The molecule has 0 fully saturated rings. The molecule has 4 nitrogen and oxygen atoms in total. The van der Waals surface area contributed by atoms with E-state index in [2.05, 4.69) is 26.2 Å². The van der Waals surface area contributed by atoms with Gasteiger partial charge in [-0.1, -0.05) is 48.0 Å². The van der Waals surface area contributed by atoms with Gasteiger partial charge in [0.1, 0.15) is 0 Å². The van der Waals surface area contributed by atoms with E-state index in [1.54, 1.807) is 6.92 Å². The molecule has 0 aliphatic rings. The highest BCUT2D eigenvalue weighted by atomic mass is 79.9. The van der Waals surface area contributed by atoms with E-state index in [4.69, 9.17) is 0 Å². The Bertz CT molecular complexity index is 449. The van der Waals surface area contributed by atoms with Crippen molar-refractivity contribution in [1.29, 1.82) is 0 Å². The summed E-state index contributed by atoms with van der Waals surface area (Å²) in [5.74, 6) is -0.125. The summed E-state index contributed by atoms with van der Waals surface area (Å²) < 4.78 is 0. The molecule has 1 amide bonds. The van der Waals surface area contributed by atoms with Crippen LogP contribution in [-0.4, -0.2) is 22.0 Å². The quantitative estimate of drug-likeness (QED) is 0.688. The topological polar surface area (TPSA) is 59.1 Å². The van der Waals surface area contributed by atoms with E-state index in [0.717, 1.165) is 0 Å². The molecule has 0 bridgehead atoms. The summed E-state index contributed by atoms with van der Waals surface area (Å²) in [6.07, 6.45) is 0. The van der Waals surface area contributed by atoms with E-state index in [9.17, 15) is 9.59 Å². The maximum absolute atomic E-state index is 11.8. The van der Waals surface area contributed by atoms with Crippen molar-refractivity contribution in [2.75, 3.05) is 10.6 Å². The van der Waals surface area contributed by atoms with Crippen molar-refractivity contribution in [3.05, 3.63) is 10.6 Å². The molecule has 94 valence electrons. The standard InChI is InChI=1S/C11H15BrN2O2S/c1-6-8(7(15)5-12)17-10(13-6)14-9(16)11(2,3)4/h5H2,1-4H3,(H,13,14,16). The van der Waals surface area contributed by atoms with Crippen LogP contribution in [0.15, 0.2) is 0 Å². The summed E-state index contributed by atoms with van der Waals surface area (Å²) in [6.45, 7) is 7.24. The molecule has 1 N–H and O–H groups in total. The second kappa shape index (κ2) is 5.27. The second-order valence-electron chi connectivity index (χ2n) is 4.69. The van der Waals surface area contributed by atoms with E-state index in [1.807, 2.05) is 20.8 Å². The van der Waals surface area contributed by atoms with E-state index in [-0.39, 0.29) is 17.0 Å². The fraction of sp³-hybridized carbons (Fsp3) is 0.545. The molecule has 0 radical (unpaired) electrons. The second-order valence-corrected chi connectivity index (χ2v) is 6.25.